The van der Waals surface area contributed by atoms with E-state index < -0.39 is 0 Å². The van der Waals surface area contributed by atoms with Gasteiger partial charge in [0.05, 0.1) is 19.5 Å². The molecule has 114 valence electrons. The number of hydrogen-bond donors (Lipinski definition) is 0. The quantitative estimate of drug-likeness (QED) is 0.681. The van der Waals surface area contributed by atoms with Gasteiger partial charge in [0, 0.05) is 42.5 Å². The van der Waals surface area contributed by atoms with E-state index in [1.807, 2.05) is 13.0 Å². The number of hydrogen-bond acceptors (Lipinski definition) is 5. The van der Waals surface area contributed by atoms with Crippen LogP contribution >= 0.6 is 0 Å². The molecule has 5 heteroatoms. The SMILES string of the molecule is Cc1coc2cc3oc(=O)cc(CN4CCOCC4)c3cc12. The van der Waals surface area contributed by atoms with Crippen LogP contribution in [0.2, 0.25) is 0 Å². The lowest BCUT2D eigenvalue weighted by atomic mass is 10.1. The van der Waals surface area contributed by atoms with Crippen molar-refractivity contribution in [3.05, 3.63) is 46.0 Å². The number of morpholine rings is 1. The highest BCUT2D eigenvalue weighted by atomic mass is 16.5. The maximum atomic E-state index is 11.8. The van der Waals surface area contributed by atoms with E-state index in [1.165, 1.54) is 0 Å². The van der Waals surface area contributed by atoms with Gasteiger partial charge < -0.3 is 13.6 Å². The minimum atomic E-state index is -0.321. The zero-order valence-electron chi connectivity index (χ0n) is 12.4. The molecule has 5 nitrogen and oxygen atoms in total. The predicted molar refractivity (Wildman–Crippen MR) is 83.1 cm³/mol. The summed E-state index contributed by atoms with van der Waals surface area (Å²) in [6.07, 6.45) is 1.73. The highest BCUT2D eigenvalue weighted by Crippen LogP contribution is 2.28. The van der Waals surface area contributed by atoms with E-state index in [4.69, 9.17) is 13.6 Å². The zero-order chi connectivity index (χ0) is 15.1. The van der Waals surface area contributed by atoms with Crippen LogP contribution in [0.15, 0.2) is 38.1 Å². The normalized spacial score (nSPS) is 16.6. The van der Waals surface area contributed by atoms with E-state index >= 15 is 0 Å². The summed E-state index contributed by atoms with van der Waals surface area (Å²) in [6.45, 7) is 5.99. The van der Waals surface area contributed by atoms with E-state index in [0.717, 1.165) is 60.3 Å². The van der Waals surface area contributed by atoms with Gasteiger partial charge in [-0.25, -0.2) is 4.79 Å². The molecule has 3 aromatic rings. The van der Waals surface area contributed by atoms with Crippen LogP contribution in [-0.4, -0.2) is 31.2 Å². The van der Waals surface area contributed by atoms with Crippen molar-refractivity contribution in [2.45, 2.75) is 13.5 Å². The third-order valence-corrected chi connectivity index (χ3v) is 4.22. The first-order valence-corrected chi connectivity index (χ1v) is 7.45. The van der Waals surface area contributed by atoms with Crippen molar-refractivity contribution in [3.63, 3.8) is 0 Å². The topological polar surface area (TPSA) is 55.8 Å². The number of furan rings is 1. The van der Waals surface area contributed by atoms with Gasteiger partial charge in [-0.1, -0.05) is 0 Å². The molecule has 0 N–H and O–H groups in total. The number of aryl methyl sites for hydroxylation is 1. The molecule has 1 saturated heterocycles. The van der Waals surface area contributed by atoms with Crippen LogP contribution in [0.5, 0.6) is 0 Å². The smallest absolute Gasteiger partial charge is 0.336 e. The Labute approximate surface area is 127 Å². The van der Waals surface area contributed by atoms with Crippen molar-refractivity contribution in [3.8, 4) is 0 Å². The van der Waals surface area contributed by atoms with E-state index in [2.05, 4.69) is 11.0 Å². The average molecular weight is 299 g/mol. The standard InChI is InChI=1S/C17H17NO4/c1-11-10-21-15-8-16-14(7-13(11)15)12(6-17(19)22-16)9-18-2-4-20-5-3-18/h6-8,10H,2-5,9H2,1H3. The van der Waals surface area contributed by atoms with Crippen molar-refractivity contribution in [2.24, 2.45) is 0 Å². The second-order valence-electron chi connectivity index (χ2n) is 5.74. The van der Waals surface area contributed by atoms with Crippen LogP contribution in [0.4, 0.5) is 0 Å². The molecule has 0 aliphatic carbocycles. The molecule has 0 bridgehead atoms. The fourth-order valence-electron chi connectivity index (χ4n) is 3.01. The zero-order valence-corrected chi connectivity index (χ0v) is 12.4. The lowest BCUT2D eigenvalue weighted by Gasteiger charge is -2.26. The summed E-state index contributed by atoms with van der Waals surface area (Å²) in [4.78, 5) is 14.1. The van der Waals surface area contributed by atoms with Crippen molar-refractivity contribution < 1.29 is 13.6 Å². The van der Waals surface area contributed by atoms with Crippen LogP contribution in [0.1, 0.15) is 11.1 Å². The molecule has 0 atom stereocenters. The van der Waals surface area contributed by atoms with Gasteiger partial charge in [0.1, 0.15) is 11.2 Å². The monoisotopic (exact) mass is 299 g/mol. The molecule has 22 heavy (non-hydrogen) atoms. The molecule has 4 rings (SSSR count). The Kier molecular flexibility index (Phi) is 3.24. The fraction of sp³-hybridized carbons (Fsp3) is 0.353. The molecular weight excluding hydrogens is 282 g/mol. The second kappa shape index (κ2) is 5.26. The molecule has 2 aromatic heterocycles. The first-order chi connectivity index (χ1) is 10.7. The molecule has 3 heterocycles. The van der Waals surface area contributed by atoms with Gasteiger partial charge in [-0.15, -0.1) is 0 Å². The molecule has 0 radical (unpaired) electrons. The fourth-order valence-corrected chi connectivity index (χ4v) is 3.01. The number of fused-ring (bicyclic) bond motifs is 2. The highest BCUT2D eigenvalue weighted by Gasteiger charge is 2.15. The van der Waals surface area contributed by atoms with Crippen molar-refractivity contribution >= 4 is 21.9 Å². The summed E-state index contributed by atoms with van der Waals surface area (Å²) in [5, 5.41) is 2.03. The summed E-state index contributed by atoms with van der Waals surface area (Å²) < 4.78 is 16.2. The summed E-state index contributed by atoms with van der Waals surface area (Å²) in [6, 6.07) is 5.46. The van der Waals surface area contributed by atoms with Crippen LogP contribution < -0.4 is 5.63 Å². The Hall–Kier alpha value is -2.11. The molecule has 1 aliphatic heterocycles. The first-order valence-electron chi connectivity index (χ1n) is 7.45. The highest BCUT2D eigenvalue weighted by molar-refractivity contribution is 5.96. The Morgan fingerprint density at radius 1 is 1.09 bits per heavy atom. The molecule has 1 fully saturated rings. The van der Waals surface area contributed by atoms with Gasteiger partial charge in [0.15, 0.2) is 0 Å². The Morgan fingerprint density at radius 3 is 2.73 bits per heavy atom. The summed E-state index contributed by atoms with van der Waals surface area (Å²) >= 11 is 0. The maximum Gasteiger partial charge on any atom is 0.336 e. The summed E-state index contributed by atoms with van der Waals surface area (Å²) in [5.41, 5.74) is 3.09. The van der Waals surface area contributed by atoms with Crippen LogP contribution in [-0.2, 0) is 11.3 Å². The van der Waals surface area contributed by atoms with E-state index in [1.54, 1.807) is 12.3 Å². The average Bonchev–Trinajstić information content (AvgIpc) is 2.87. The Balaban J connectivity index is 1.86. The molecule has 0 saturated carbocycles. The van der Waals surface area contributed by atoms with Gasteiger partial charge in [0.25, 0.3) is 0 Å². The summed E-state index contributed by atoms with van der Waals surface area (Å²) in [7, 11) is 0. The number of benzene rings is 1. The van der Waals surface area contributed by atoms with Gasteiger partial charge in [-0.3, -0.25) is 4.90 Å². The maximum absolute atomic E-state index is 11.8. The molecule has 1 aromatic carbocycles. The van der Waals surface area contributed by atoms with Gasteiger partial charge >= 0.3 is 5.63 Å². The van der Waals surface area contributed by atoms with Crippen molar-refractivity contribution in [1.29, 1.82) is 0 Å². The Bertz CT molecular complexity index is 887. The van der Waals surface area contributed by atoms with Crippen LogP contribution in [0, 0.1) is 6.92 Å². The number of nitrogens with zero attached hydrogens (tertiary/aromatic N) is 1. The van der Waals surface area contributed by atoms with Crippen LogP contribution in [0.25, 0.3) is 21.9 Å². The summed E-state index contributed by atoms with van der Waals surface area (Å²) in [5.74, 6) is 0. The van der Waals surface area contributed by atoms with E-state index in [-0.39, 0.29) is 5.63 Å². The largest absolute Gasteiger partial charge is 0.464 e. The minimum absolute atomic E-state index is 0.321. The number of ether oxygens (including phenoxy) is 1. The molecule has 0 spiro atoms. The van der Waals surface area contributed by atoms with Gasteiger partial charge in [-0.05, 0) is 24.1 Å². The molecule has 0 unspecified atom stereocenters. The molecular formula is C17H17NO4. The minimum Gasteiger partial charge on any atom is -0.464 e. The van der Waals surface area contributed by atoms with E-state index in [9.17, 15) is 4.79 Å². The van der Waals surface area contributed by atoms with Gasteiger partial charge in [-0.2, -0.15) is 0 Å². The van der Waals surface area contributed by atoms with E-state index in [0.29, 0.717) is 5.58 Å². The number of rotatable bonds is 2. The van der Waals surface area contributed by atoms with Crippen LogP contribution in [0.3, 0.4) is 0 Å². The van der Waals surface area contributed by atoms with Gasteiger partial charge in [0.2, 0.25) is 0 Å². The Morgan fingerprint density at radius 2 is 1.91 bits per heavy atom. The third-order valence-electron chi connectivity index (χ3n) is 4.22. The molecule has 1 aliphatic rings. The predicted octanol–water partition coefficient (Wildman–Crippen LogP) is 2.68. The van der Waals surface area contributed by atoms with Crippen molar-refractivity contribution in [2.75, 3.05) is 26.3 Å². The van der Waals surface area contributed by atoms with Crippen molar-refractivity contribution in [1.82, 2.24) is 4.90 Å². The molecule has 0 amide bonds. The second-order valence-corrected chi connectivity index (χ2v) is 5.74. The lowest BCUT2D eigenvalue weighted by molar-refractivity contribution is 0.0343. The first kappa shape index (κ1) is 13.5. The lowest BCUT2D eigenvalue weighted by Crippen LogP contribution is -2.35. The third kappa shape index (κ3) is 2.32.